The van der Waals surface area contributed by atoms with Crippen LogP contribution in [0.25, 0.3) is 0 Å². The number of hydroxylamine groups is 2. The number of carbonyl (C=O) groups is 1. The van der Waals surface area contributed by atoms with Gasteiger partial charge in [0.2, 0.25) is 5.91 Å². The Labute approximate surface area is 67.3 Å². The molecular formula is C8H15NO2. The summed E-state index contributed by atoms with van der Waals surface area (Å²) in [6.07, 6.45) is 2.25. The van der Waals surface area contributed by atoms with Gasteiger partial charge in [-0.15, -0.1) is 6.58 Å². The molecule has 11 heavy (non-hydrogen) atoms. The van der Waals surface area contributed by atoms with E-state index in [1.807, 2.05) is 0 Å². The molecule has 1 amide bonds. The first-order chi connectivity index (χ1) is 4.91. The second-order valence-electron chi connectivity index (χ2n) is 3.14. The topological polar surface area (TPSA) is 40.5 Å². The molecule has 0 aromatic rings. The lowest BCUT2D eigenvalue weighted by Crippen LogP contribution is -2.43. The van der Waals surface area contributed by atoms with Gasteiger partial charge in [-0.05, 0) is 20.3 Å². The molecule has 0 bridgehead atoms. The van der Waals surface area contributed by atoms with Gasteiger partial charge >= 0.3 is 0 Å². The fourth-order valence-corrected chi connectivity index (χ4v) is 0.866. The number of rotatable bonds is 3. The van der Waals surface area contributed by atoms with Crippen LogP contribution in [0.2, 0.25) is 0 Å². The second kappa shape index (κ2) is 3.53. The van der Waals surface area contributed by atoms with Crippen molar-refractivity contribution in [3.63, 3.8) is 0 Å². The van der Waals surface area contributed by atoms with Gasteiger partial charge in [-0.25, -0.2) is 5.06 Å². The maximum Gasteiger partial charge on any atom is 0.243 e. The standard InChI is InChI=1S/C8H15NO2/c1-5-6-8(3,4)9(11)7(2)10/h5,11H,1,6H2,2-4H3. The molecule has 0 spiro atoms. The van der Waals surface area contributed by atoms with E-state index in [-0.39, 0.29) is 5.91 Å². The van der Waals surface area contributed by atoms with Crippen LogP contribution in [0.5, 0.6) is 0 Å². The van der Waals surface area contributed by atoms with E-state index in [0.717, 1.165) is 5.06 Å². The molecule has 0 heterocycles. The molecule has 0 aliphatic heterocycles. The molecule has 1 N–H and O–H groups in total. The summed E-state index contributed by atoms with van der Waals surface area (Å²) in [5.41, 5.74) is -0.548. The summed E-state index contributed by atoms with van der Waals surface area (Å²) < 4.78 is 0. The van der Waals surface area contributed by atoms with Gasteiger partial charge in [0.25, 0.3) is 0 Å². The van der Waals surface area contributed by atoms with E-state index in [2.05, 4.69) is 6.58 Å². The Balaban J connectivity index is 4.27. The van der Waals surface area contributed by atoms with E-state index in [9.17, 15) is 10.0 Å². The molecule has 0 fully saturated rings. The van der Waals surface area contributed by atoms with Gasteiger partial charge in [0.1, 0.15) is 0 Å². The molecular weight excluding hydrogens is 142 g/mol. The Bertz CT molecular complexity index is 163. The molecule has 0 aliphatic carbocycles. The normalized spacial score (nSPS) is 10.9. The second-order valence-corrected chi connectivity index (χ2v) is 3.14. The van der Waals surface area contributed by atoms with Crippen LogP contribution in [0, 0.1) is 0 Å². The first-order valence-corrected chi connectivity index (χ1v) is 3.52. The summed E-state index contributed by atoms with van der Waals surface area (Å²) >= 11 is 0. The Morgan fingerprint density at radius 3 is 2.45 bits per heavy atom. The largest absolute Gasteiger partial charge is 0.285 e. The van der Waals surface area contributed by atoms with Crippen LogP contribution in [0.15, 0.2) is 12.7 Å². The molecule has 0 atom stereocenters. The average molecular weight is 157 g/mol. The van der Waals surface area contributed by atoms with E-state index >= 15 is 0 Å². The molecule has 0 saturated carbocycles. The Morgan fingerprint density at radius 2 is 2.18 bits per heavy atom. The molecule has 0 unspecified atom stereocenters. The quantitative estimate of drug-likeness (QED) is 0.384. The minimum atomic E-state index is -0.548. The molecule has 0 saturated heterocycles. The molecule has 64 valence electrons. The maximum atomic E-state index is 10.7. The SMILES string of the molecule is C=CCC(C)(C)N(O)C(C)=O. The first-order valence-electron chi connectivity index (χ1n) is 3.52. The summed E-state index contributed by atoms with van der Waals surface area (Å²) in [5, 5.41) is 9.95. The summed E-state index contributed by atoms with van der Waals surface area (Å²) in [5.74, 6) is -0.350. The van der Waals surface area contributed by atoms with Crippen LogP contribution < -0.4 is 0 Å². The minimum Gasteiger partial charge on any atom is -0.285 e. The van der Waals surface area contributed by atoms with Gasteiger partial charge in [-0.2, -0.15) is 0 Å². The van der Waals surface area contributed by atoms with Crippen molar-refractivity contribution in [2.45, 2.75) is 32.7 Å². The molecule has 0 aliphatic rings. The number of nitrogens with zero attached hydrogens (tertiary/aromatic N) is 1. The van der Waals surface area contributed by atoms with Crippen molar-refractivity contribution < 1.29 is 10.0 Å². The zero-order chi connectivity index (χ0) is 9.07. The number of hydrogen-bond acceptors (Lipinski definition) is 2. The fraction of sp³-hybridized carbons (Fsp3) is 0.625. The highest BCUT2D eigenvalue weighted by Crippen LogP contribution is 2.16. The average Bonchev–Trinajstić information content (AvgIpc) is 1.86. The van der Waals surface area contributed by atoms with E-state index < -0.39 is 5.54 Å². The molecule has 3 nitrogen and oxygen atoms in total. The fourth-order valence-electron chi connectivity index (χ4n) is 0.866. The number of carbonyl (C=O) groups excluding carboxylic acids is 1. The van der Waals surface area contributed by atoms with E-state index in [0.29, 0.717) is 6.42 Å². The van der Waals surface area contributed by atoms with E-state index in [1.165, 1.54) is 6.92 Å². The zero-order valence-corrected chi connectivity index (χ0v) is 7.29. The van der Waals surface area contributed by atoms with Crippen LogP contribution >= 0.6 is 0 Å². The minimum absolute atomic E-state index is 0.350. The monoisotopic (exact) mass is 157 g/mol. The van der Waals surface area contributed by atoms with Crippen LogP contribution in [-0.4, -0.2) is 21.7 Å². The van der Waals surface area contributed by atoms with Crippen molar-refractivity contribution in [1.29, 1.82) is 0 Å². The van der Waals surface area contributed by atoms with Gasteiger partial charge in [-0.3, -0.25) is 10.0 Å². The van der Waals surface area contributed by atoms with Crippen molar-refractivity contribution in [3.05, 3.63) is 12.7 Å². The highest BCUT2D eigenvalue weighted by molar-refractivity contribution is 5.72. The van der Waals surface area contributed by atoms with Crippen molar-refractivity contribution in [2.24, 2.45) is 0 Å². The predicted octanol–water partition coefficient (Wildman–Crippen LogP) is 1.58. The van der Waals surface area contributed by atoms with E-state index in [4.69, 9.17) is 0 Å². The molecule has 0 rings (SSSR count). The maximum absolute atomic E-state index is 10.7. The number of amides is 1. The molecule has 0 aromatic heterocycles. The summed E-state index contributed by atoms with van der Waals surface area (Å²) in [7, 11) is 0. The Morgan fingerprint density at radius 1 is 1.73 bits per heavy atom. The van der Waals surface area contributed by atoms with Crippen molar-refractivity contribution in [1.82, 2.24) is 5.06 Å². The van der Waals surface area contributed by atoms with Gasteiger partial charge in [-0.1, -0.05) is 6.08 Å². The molecule has 3 heteroatoms. The van der Waals surface area contributed by atoms with Crippen LogP contribution in [0.4, 0.5) is 0 Å². The third kappa shape index (κ3) is 2.72. The Kier molecular flexibility index (Phi) is 3.26. The summed E-state index contributed by atoms with van der Waals surface area (Å²) in [4.78, 5) is 10.7. The third-order valence-corrected chi connectivity index (χ3v) is 1.52. The highest BCUT2D eigenvalue weighted by Gasteiger charge is 2.25. The lowest BCUT2D eigenvalue weighted by Gasteiger charge is -2.31. The smallest absolute Gasteiger partial charge is 0.243 e. The third-order valence-electron chi connectivity index (χ3n) is 1.52. The van der Waals surface area contributed by atoms with Gasteiger partial charge in [0.05, 0.1) is 5.54 Å². The van der Waals surface area contributed by atoms with Crippen LogP contribution in [0.3, 0.4) is 0 Å². The van der Waals surface area contributed by atoms with E-state index in [1.54, 1.807) is 19.9 Å². The van der Waals surface area contributed by atoms with Crippen molar-refractivity contribution >= 4 is 5.91 Å². The Hall–Kier alpha value is -0.830. The lowest BCUT2D eigenvalue weighted by molar-refractivity contribution is -0.186. The molecule has 0 aromatic carbocycles. The number of hydrogen-bond donors (Lipinski definition) is 1. The highest BCUT2D eigenvalue weighted by atomic mass is 16.5. The molecule has 0 radical (unpaired) electrons. The first kappa shape index (κ1) is 10.2. The summed E-state index contributed by atoms with van der Waals surface area (Å²) in [6.45, 7) is 8.41. The van der Waals surface area contributed by atoms with Crippen LogP contribution in [0.1, 0.15) is 27.2 Å². The van der Waals surface area contributed by atoms with Gasteiger partial charge in [0, 0.05) is 6.92 Å². The summed E-state index contributed by atoms with van der Waals surface area (Å²) in [6, 6.07) is 0. The predicted molar refractivity (Wildman–Crippen MR) is 43.2 cm³/mol. The van der Waals surface area contributed by atoms with Crippen LogP contribution in [-0.2, 0) is 4.79 Å². The zero-order valence-electron chi connectivity index (χ0n) is 7.29. The van der Waals surface area contributed by atoms with Crippen molar-refractivity contribution in [2.75, 3.05) is 0 Å². The van der Waals surface area contributed by atoms with Gasteiger partial charge < -0.3 is 0 Å². The lowest BCUT2D eigenvalue weighted by atomic mass is 10.0. The van der Waals surface area contributed by atoms with Gasteiger partial charge in [0.15, 0.2) is 0 Å². The van der Waals surface area contributed by atoms with Crippen molar-refractivity contribution in [3.8, 4) is 0 Å².